The molecule has 1 atom stereocenters. The fourth-order valence-corrected chi connectivity index (χ4v) is 3.79. The maximum absolute atomic E-state index is 11.8. The first-order valence-electron chi connectivity index (χ1n) is 9.03. The second-order valence-corrected chi connectivity index (χ2v) is 7.60. The van der Waals surface area contributed by atoms with Crippen LogP contribution in [0.3, 0.4) is 0 Å². The van der Waals surface area contributed by atoms with Gasteiger partial charge in [0, 0.05) is 37.8 Å². The van der Waals surface area contributed by atoms with Gasteiger partial charge < -0.3 is 19.4 Å². The second-order valence-electron chi connectivity index (χ2n) is 6.85. The van der Waals surface area contributed by atoms with Gasteiger partial charge in [-0.2, -0.15) is 9.97 Å². The van der Waals surface area contributed by atoms with E-state index in [9.17, 15) is 4.79 Å². The van der Waals surface area contributed by atoms with Crippen molar-refractivity contribution in [2.24, 2.45) is 0 Å². The molecule has 7 nitrogen and oxygen atoms in total. The Morgan fingerprint density at radius 1 is 1.31 bits per heavy atom. The van der Waals surface area contributed by atoms with Gasteiger partial charge in [-0.25, -0.2) is 0 Å². The number of carbonyl (C=O) groups excluding carboxylic acids is 1. The number of aromatic nitrogens is 2. The van der Waals surface area contributed by atoms with E-state index in [0.717, 1.165) is 42.0 Å². The van der Waals surface area contributed by atoms with Crippen LogP contribution in [-0.4, -0.2) is 78.1 Å². The number of piperazine rings is 1. The largest absolute Gasteiger partial charge is 0.462 e. The smallest absolute Gasteiger partial charge is 0.319 e. The highest BCUT2D eigenvalue weighted by Crippen LogP contribution is 2.27. The normalized spacial score (nSPS) is 21.1. The van der Waals surface area contributed by atoms with E-state index in [0.29, 0.717) is 31.7 Å². The number of amides is 1. The molecule has 8 heteroatoms. The maximum Gasteiger partial charge on any atom is 0.319 e. The van der Waals surface area contributed by atoms with E-state index in [1.165, 1.54) is 12.5 Å². The lowest BCUT2D eigenvalue weighted by molar-refractivity contribution is -0.126. The first-order chi connectivity index (χ1) is 12.5. The molecular formula is C18H26BrN5O2. The molecule has 0 aromatic carbocycles. The molecule has 3 heterocycles. The van der Waals surface area contributed by atoms with Gasteiger partial charge in [0.15, 0.2) is 0 Å². The first kappa shape index (κ1) is 19.1. The fourth-order valence-electron chi connectivity index (χ4n) is 3.46. The molecule has 26 heavy (non-hydrogen) atoms. The average Bonchev–Trinajstić information content (AvgIpc) is 3.07. The van der Waals surface area contributed by atoms with E-state index in [1.54, 1.807) is 0 Å². The van der Waals surface area contributed by atoms with Crippen LogP contribution in [0.5, 0.6) is 6.01 Å². The molecule has 0 aliphatic carbocycles. The number of hydrogen-bond acceptors (Lipinski definition) is 6. The quantitative estimate of drug-likeness (QED) is 0.531. The van der Waals surface area contributed by atoms with E-state index in [2.05, 4.69) is 49.3 Å². The van der Waals surface area contributed by atoms with Crippen molar-refractivity contribution in [1.82, 2.24) is 19.8 Å². The molecular weight excluding hydrogens is 398 g/mol. The summed E-state index contributed by atoms with van der Waals surface area (Å²) in [6, 6.07) is 0.831. The van der Waals surface area contributed by atoms with Gasteiger partial charge in [-0.3, -0.25) is 4.79 Å². The van der Waals surface area contributed by atoms with Crippen LogP contribution in [0.15, 0.2) is 17.3 Å². The minimum Gasteiger partial charge on any atom is -0.462 e. The number of halogens is 1. The van der Waals surface area contributed by atoms with E-state index < -0.39 is 0 Å². The van der Waals surface area contributed by atoms with Gasteiger partial charge in [0.2, 0.25) is 5.91 Å². The highest BCUT2D eigenvalue weighted by Gasteiger charge is 2.25. The predicted octanol–water partition coefficient (Wildman–Crippen LogP) is 1.86. The van der Waals surface area contributed by atoms with Crippen molar-refractivity contribution in [3.63, 3.8) is 0 Å². The van der Waals surface area contributed by atoms with Gasteiger partial charge in [-0.1, -0.05) is 6.58 Å². The van der Waals surface area contributed by atoms with Gasteiger partial charge in [0.25, 0.3) is 0 Å². The number of anilines is 1. The van der Waals surface area contributed by atoms with Gasteiger partial charge in [-0.15, -0.1) is 0 Å². The molecule has 0 N–H and O–H groups in total. The zero-order chi connectivity index (χ0) is 18.7. The Morgan fingerprint density at radius 2 is 2.04 bits per heavy atom. The third-order valence-corrected chi connectivity index (χ3v) is 5.95. The number of hydrogen-bond donors (Lipinski definition) is 0. The molecule has 1 aromatic heterocycles. The highest BCUT2D eigenvalue weighted by atomic mass is 79.9. The lowest BCUT2D eigenvalue weighted by atomic mass is 10.2. The van der Waals surface area contributed by atoms with Crippen LogP contribution in [-0.2, 0) is 4.79 Å². The molecule has 2 fully saturated rings. The Hall–Kier alpha value is -1.67. The third-order valence-electron chi connectivity index (χ3n) is 5.18. The van der Waals surface area contributed by atoms with Crippen molar-refractivity contribution in [3.8, 4) is 6.01 Å². The molecule has 0 saturated carbocycles. The van der Waals surface area contributed by atoms with Crippen LogP contribution in [0.4, 0.5) is 5.82 Å². The Balaban J connectivity index is 1.68. The van der Waals surface area contributed by atoms with E-state index in [4.69, 9.17) is 4.74 Å². The van der Waals surface area contributed by atoms with Crippen molar-refractivity contribution < 1.29 is 9.53 Å². The van der Waals surface area contributed by atoms with Crippen molar-refractivity contribution in [2.75, 3.05) is 51.3 Å². The van der Waals surface area contributed by atoms with Crippen molar-refractivity contribution in [2.45, 2.75) is 25.8 Å². The average molecular weight is 424 g/mol. The van der Waals surface area contributed by atoms with Crippen LogP contribution in [0.1, 0.15) is 18.4 Å². The standard InChI is InChI=1S/C18H26BrN5O2/c1-4-15(25)23-8-10-24(11-9-23)17-13(2)16(19)20-18(21-17)26-12-14-6-5-7-22(14)3/h4,14H,1,5-12H2,2-3H3/t14-/m0/s1. The topological polar surface area (TPSA) is 61.8 Å². The SMILES string of the molecule is C=CC(=O)N1CCN(c2nc(OC[C@@H]3CCCN3C)nc(Br)c2C)CC1. The Kier molecular flexibility index (Phi) is 6.13. The Morgan fingerprint density at radius 3 is 2.65 bits per heavy atom. The van der Waals surface area contributed by atoms with Crippen LogP contribution in [0.25, 0.3) is 0 Å². The summed E-state index contributed by atoms with van der Waals surface area (Å²) < 4.78 is 6.66. The monoisotopic (exact) mass is 423 g/mol. The molecule has 0 radical (unpaired) electrons. The molecule has 2 aliphatic rings. The number of likely N-dealkylation sites (tertiary alicyclic amines) is 1. The summed E-state index contributed by atoms with van der Waals surface area (Å²) in [6.45, 7) is 10.1. The van der Waals surface area contributed by atoms with E-state index in [-0.39, 0.29) is 5.91 Å². The summed E-state index contributed by atoms with van der Waals surface area (Å²) in [5, 5.41) is 0. The molecule has 0 unspecified atom stereocenters. The molecule has 3 rings (SSSR count). The van der Waals surface area contributed by atoms with Crippen molar-refractivity contribution in [3.05, 3.63) is 22.8 Å². The maximum atomic E-state index is 11.8. The summed E-state index contributed by atoms with van der Waals surface area (Å²) in [5.41, 5.74) is 0.985. The van der Waals surface area contributed by atoms with Gasteiger partial charge in [0.05, 0.1) is 0 Å². The molecule has 2 aliphatic heterocycles. The summed E-state index contributed by atoms with van der Waals surface area (Å²) in [7, 11) is 2.13. The number of ether oxygens (including phenoxy) is 1. The predicted molar refractivity (Wildman–Crippen MR) is 105 cm³/mol. The molecule has 1 amide bonds. The summed E-state index contributed by atoms with van der Waals surface area (Å²) in [4.78, 5) is 27.2. The summed E-state index contributed by atoms with van der Waals surface area (Å²) in [5.74, 6) is 0.849. The molecule has 0 bridgehead atoms. The lowest BCUT2D eigenvalue weighted by Crippen LogP contribution is -2.48. The summed E-state index contributed by atoms with van der Waals surface area (Å²) >= 11 is 3.53. The zero-order valence-electron chi connectivity index (χ0n) is 15.4. The second kappa shape index (κ2) is 8.35. The zero-order valence-corrected chi connectivity index (χ0v) is 17.0. The number of carbonyl (C=O) groups is 1. The number of nitrogens with zero attached hydrogens (tertiary/aromatic N) is 5. The highest BCUT2D eigenvalue weighted by molar-refractivity contribution is 9.10. The van der Waals surface area contributed by atoms with E-state index in [1.807, 2.05) is 11.8 Å². The molecule has 0 spiro atoms. The third kappa shape index (κ3) is 4.17. The number of likely N-dealkylation sites (N-methyl/N-ethyl adjacent to an activating group) is 1. The number of rotatable bonds is 5. The summed E-state index contributed by atoms with van der Waals surface area (Å²) in [6.07, 6.45) is 3.73. The Labute approximate surface area is 163 Å². The van der Waals surface area contributed by atoms with Crippen LogP contribution in [0.2, 0.25) is 0 Å². The fraction of sp³-hybridized carbons (Fsp3) is 0.611. The van der Waals surface area contributed by atoms with Gasteiger partial charge in [0.1, 0.15) is 17.0 Å². The van der Waals surface area contributed by atoms with Crippen LogP contribution in [0, 0.1) is 6.92 Å². The molecule has 142 valence electrons. The van der Waals surface area contributed by atoms with Crippen molar-refractivity contribution in [1.29, 1.82) is 0 Å². The first-order valence-corrected chi connectivity index (χ1v) is 9.82. The van der Waals surface area contributed by atoms with Gasteiger partial charge >= 0.3 is 6.01 Å². The molecule has 2 saturated heterocycles. The molecule has 1 aromatic rings. The van der Waals surface area contributed by atoms with Crippen LogP contribution >= 0.6 is 15.9 Å². The van der Waals surface area contributed by atoms with Gasteiger partial charge in [-0.05, 0) is 55.4 Å². The minimum atomic E-state index is -0.0186. The minimum absolute atomic E-state index is 0.0186. The van der Waals surface area contributed by atoms with Crippen molar-refractivity contribution >= 4 is 27.7 Å². The van der Waals surface area contributed by atoms with E-state index >= 15 is 0 Å². The Bertz CT molecular complexity index is 676. The lowest BCUT2D eigenvalue weighted by Gasteiger charge is -2.35. The van der Waals surface area contributed by atoms with Crippen LogP contribution < -0.4 is 9.64 Å².